The van der Waals surface area contributed by atoms with Crippen LogP contribution < -0.4 is 25.3 Å². The van der Waals surface area contributed by atoms with Crippen molar-refractivity contribution in [2.75, 3.05) is 54.5 Å². The van der Waals surface area contributed by atoms with Gasteiger partial charge in [0, 0.05) is 60.8 Å². The Morgan fingerprint density at radius 2 is 1.75 bits per heavy atom. The van der Waals surface area contributed by atoms with Gasteiger partial charge >= 0.3 is 6.03 Å². The summed E-state index contributed by atoms with van der Waals surface area (Å²) in [4.78, 5) is 32.5. The summed E-state index contributed by atoms with van der Waals surface area (Å²) in [6, 6.07) is 18.0. The Balaban J connectivity index is 0.991. The number of urea groups is 1. The van der Waals surface area contributed by atoms with Crippen LogP contribution in [-0.4, -0.2) is 88.9 Å². The van der Waals surface area contributed by atoms with Gasteiger partial charge in [0.1, 0.15) is 35.6 Å². The molecule has 3 aromatic carbocycles. The largest absolute Gasteiger partial charge is 0.493 e. The molecular formula is C37H44F2N8O5. The van der Waals surface area contributed by atoms with E-state index in [1.54, 1.807) is 17.9 Å². The number of aliphatic hydroxyl groups is 1. The zero-order valence-electron chi connectivity index (χ0n) is 29.2. The first-order chi connectivity index (χ1) is 25.2. The van der Waals surface area contributed by atoms with E-state index in [0.717, 1.165) is 54.4 Å². The standard InChI is InChI=1S/C37H44F2N8O5/c1-3-35(26(2)49)47(42-25-48)36(50)43-29-5-7-30(8-6-29)44-14-16-45(17-15-44)31-9-11-32(12-10-31)51-20-27-19-37(52-21-27,22-46-24-40-23-41-46)33-13-4-28(38)18-34(33)39/h4-13,18,23-27,35,49H,3,14-17,19-22H2,1-2H3,(H,42,48)(H,43,50). The van der Waals surface area contributed by atoms with E-state index < -0.39 is 35.4 Å². The molecule has 2 saturated heterocycles. The van der Waals surface area contributed by atoms with Gasteiger partial charge in [-0.1, -0.05) is 13.0 Å². The molecule has 52 heavy (non-hydrogen) atoms. The Labute approximate surface area is 301 Å². The predicted molar refractivity (Wildman–Crippen MR) is 191 cm³/mol. The first-order valence-electron chi connectivity index (χ1n) is 17.4. The van der Waals surface area contributed by atoms with Crippen LogP contribution in [0.1, 0.15) is 32.3 Å². The number of benzene rings is 3. The molecule has 3 N–H and O–H groups in total. The summed E-state index contributed by atoms with van der Waals surface area (Å²) in [6.45, 7) is 7.61. The van der Waals surface area contributed by atoms with Crippen LogP contribution in [0.5, 0.6) is 5.75 Å². The highest BCUT2D eigenvalue weighted by Gasteiger charge is 2.44. The highest BCUT2D eigenvalue weighted by Crippen LogP contribution is 2.42. The molecule has 1 aromatic heterocycles. The summed E-state index contributed by atoms with van der Waals surface area (Å²) in [5, 5.41) is 18.1. The Kier molecular flexibility index (Phi) is 11.5. The van der Waals surface area contributed by atoms with Crippen LogP contribution in [0.15, 0.2) is 79.4 Å². The molecular weight excluding hydrogens is 674 g/mol. The number of nitrogens with one attached hydrogen (secondary N) is 2. The third-order valence-electron chi connectivity index (χ3n) is 9.69. The Bertz CT molecular complexity index is 1770. The number of carbonyl (C=O) groups is 2. The van der Waals surface area contributed by atoms with Crippen LogP contribution in [0.25, 0.3) is 0 Å². The zero-order valence-corrected chi connectivity index (χ0v) is 29.2. The minimum absolute atomic E-state index is 0.0243. The summed E-state index contributed by atoms with van der Waals surface area (Å²) in [6.07, 6.45) is 3.48. The number of hydrogen-bond donors (Lipinski definition) is 3. The van der Waals surface area contributed by atoms with Crippen molar-refractivity contribution in [2.45, 2.75) is 51.0 Å². The van der Waals surface area contributed by atoms with Gasteiger partial charge in [0.25, 0.3) is 0 Å². The summed E-state index contributed by atoms with van der Waals surface area (Å²) in [5.41, 5.74) is 4.33. The van der Waals surface area contributed by atoms with Gasteiger partial charge in [-0.3, -0.25) is 10.2 Å². The molecule has 4 aromatic rings. The monoisotopic (exact) mass is 718 g/mol. The minimum Gasteiger partial charge on any atom is -0.493 e. The van der Waals surface area contributed by atoms with Crippen molar-refractivity contribution in [3.63, 3.8) is 0 Å². The van der Waals surface area contributed by atoms with E-state index in [1.807, 2.05) is 55.5 Å². The molecule has 3 amide bonds. The van der Waals surface area contributed by atoms with E-state index in [4.69, 9.17) is 9.47 Å². The average Bonchev–Trinajstić information content (AvgIpc) is 3.81. The number of aliphatic hydroxyl groups excluding tert-OH is 1. The number of hydrogen-bond acceptors (Lipinski definition) is 9. The van der Waals surface area contributed by atoms with Crippen LogP contribution in [0.3, 0.4) is 0 Å². The molecule has 0 radical (unpaired) electrons. The normalized spacial score (nSPS) is 19.9. The molecule has 15 heteroatoms. The van der Waals surface area contributed by atoms with Gasteiger partial charge in [0.05, 0.1) is 31.9 Å². The molecule has 0 saturated carbocycles. The van der Waals surface area contributed by atoms with Gasteiger partial charge in [0.15, 0.2) is 0 Å². The maximum absolute atomic E-state index is 15.0. The highest BCUT2D eigenvalue weighted by molar-refractivity contribution is 5.90. The molecule has 6 rings (SSSR count). The lowest BCUT2D eigenvalue weighted by atomic mass is 9.87. The first-order valence-corrected chi connectivity index (χ1v) is 17.4. The van der Waals surface area contributed by atoms with Gasteiger partial charge in [-0.05, 0) is 74.4 Å². The van der Waals surface area contributed by atoms with Crippen molar-refractivity contribution in [2.24, 2.45) is 5.92 Å². The Hall–Kier alpha value is -5.28. The lowest BCUT2D eigenvalue weighted by Gasteiger charge is -2.37. The maximum atomic E-state index is 15.0. The number of piperazine rings is 1. The van der Waals surface area contributed by atoms with Crippen LogP contribution in [0.2, 0.25) is 0 Å². The topological polar surface area (TPSA) is 137 Å². The molecule has 4 unspecified atom stereocenters. The highest BCUT2D eigenvalue weighted by atomic mass is 19.1. The molecule has 2 fully saturated rings. The lowest BCUT2D eigenvalue weighted by molar-refractivity contribution is -0.114. The van der Waals surface area contributed by atoms with Crippen molar-refractivity contribution < 1.29 is 33.0 Å². The Morgan fingerprint density at radius 1 is 1.08 bits per heavy atom. The van der Waals surface area contributed by atoms with E-state index in [2.05, 4.69) is 30.6 Å². The fraction of sp³-hybridized carbons (Fsp3) is 0.405. The summed E-state index contributed by atoms with van der Waals surface area (Å²) < 4.78 is 42.7. The van der Waals surface area contributed by atoms with E-state index in [0.29, 0.717) is 38.2 Å². The predicted octanol–water partition coefficient (Wildman–Crippen LogP) is 4.55. The zero-order chi connectivity index (χ0) is 36.7. The number of amides is 3. The molecule has 0 bridgehead atoms. The second-order valence-electron chi connectivity index (χ2n) is 13.2. The van der Waals surface area contributed by atoms with Crippen molar-refractivity contribution >= 4 is 29.5 Å². The second-order valence-corrected chi connectivity index (χ2v) is 13.2. The number of halogens is 2. The molecule has 4 atom stereocenters. The quantitative estimate of drug-likeness (QED) is 0.127. The molecule has 0 spiro atoms. The van der Waals surface area contributed by atoms with E-state index in [9.17, 15) is 23.5 Å². The fourth-order valence-electron chi connectivity index (χ4n) is 7.02. The van der Waals surface area contributed by atoms with Crippen molar-refractivity contribution in [1.29, 1.82) is 0 Å². The maximum Gasteiger partial charge on any atom is 0.340 e. The molecule has 13 nitrogen and oxygen atoms in total. The number of nitrogens with zero attached hydrogens (tertiary/aromatic N) is 6. The lowest BCUT2D eigenvalue weighted by Crippen LogP contribution is -2.54. The average molecular weight is 719 g/mol. The number of rotatable bonds is 14. The van der Waals surface area contributed by atoms with E-state index >= 15 is 0 Å². The second kappa shape index (κ2) is 16.4. The van der Waals surface area contributed by atoms with Gasteiger partial charge in [-0.15, -0.1) is 0 Å². The first kappa shape index (κ1) is 36.5. The van der Waals surface area contributed by atoms with Crippen LogP contribution in [0.4, 0.5) is 30.6 Å². The number of hydrazine groups is 1. The van der Waals surface area contributed by atoms with Crippen LogP contribution >= 0.6 is 0 Å². The SMILES string of the molecule is CCC(C(C)O)N(NC=O)C(=O)Nc1ccc(N2CCN(c3ccc(OCC4COC(Cn5cncn5)(c5ccc(F)cc5F)C4)cc3)CC2)cc1. The number of aromatic nitrogens is 3. The van der Waals surface area contributed by atoms with Crippen molar-refractivity contribution in [3.05, 3.63) is 96.6 Å². The van der Waals surface area contributed by atoms with E-state index in [1.165, 1.54) is 18.5 Å². The van der Waals surface area contributed by atoms with Crippen LogP contribution in [-0.2, 0) is 21.7 Å². The van der Waals surface area contributed by atoms with E-state index in [-0.39, 0.29) is 18.0 Å². The van der Waals surface area contributed by atoms with Crippen LogP contribution in [0, 0.1) is 17.6 Å². The molecule has 3 heterocycles. The van der Waals surface area contributed by atoms with Gasteiger partial charge in [-0.2, -0.15) is 5.10 Å². The summed E-state index contributed by atoms with van der Waals surface area (Å²) in [7, 11) is 0. The van der Waals surface area contributed by atoms with Gasteiger partial charge in [-0.25, -0.2) is 28.3 Å². The smallest absolute Gasteiger partial charge is 0.340 e. The van der Waals surface area contributed by atoms with Crippen molar-refractivity contribution in [3.8, 4) is 5.75 Å². The van der Waals surface area contributed by atoms with Gasteiger partial charge in [0.2, 0.25) is 6.41 Å². The molecule has 0 aliphatic carbocycles. The third-order valence-corrected chi connectivity index (χ3v) is 9.69. The number of carbonyl (C=O) groups excluding carboxylic acids is 2. The molecule has 276 valence electrons. The molecule has 2 aliphatic rings. The summed E-state index contributed by atoms with van der Waals surface area (Å²) >= 11 is 0. The van der Waals surface area contributed by atoms with Gasteiger partial charge < -0.3 is 29.7 Å². The third kappa shape index (κ3) is 8.43. The summed E-state index contributed by atoms with van der Waals surface area (Å²) in [5.74, 6) is -0.607. The Morgan fingerprint density at radius 3 is 2.33 bits per heavy atom. The fourth-order valence-corrected chi connectivity index (χ4v) is 7.02. The number of anilines is 3. The molecule has 2 aliphatic heterocycles. The minimum atomic E-state index is -1.03. The van der Waals surface area contributed by atoms with Crippen molar-refractivity contribution in [1.82, 2.24) is 25.2 Å². The number of ether oxygens (including phenoxy) is 2.